The highest BCUT2D eigenvalue weighted by molar-refractivity contribution is 6.05. The number of methoxy groups -OCH3 is 1. The van der Waals surface area contributed by atoms with Crippen molar-refractivity contribution < 1.29 is 13.9 Å². The number of nitrogens with one attached hydrogen (secondary N) is 1. The van der Waals surface area contributed by atoms with Gasteiger partial charge in [-0.25, -0.2) is 9.37 Å². The number of rotatable bonds is 5. The topological polar surface area (TPSA) is 78.2 Å². The van der Waals surface area contributed by atoms with E-state index in [4.69, 9.17) is 4.74 Å². The molecule has 5 rings (SSSR count). The minimum atomic E-state index is -0.558. The first kappa shape index (κ1) is 19.0. The van der Waals surface area contributed by atoms with E-state index in [1.807, 2.05) is 4.57 Å². The molecule has 0 aliphatic heterocycles. The molecule has 7 nitrogen and oxygen atoms in total. The van der Waals surface area contributed by atoms with Gasteiger partial charge in [-0.2, -0.15) is 0 Å². The molecule has 0 unspecified atom stereocenters. The molecule has 1 amide bonds. The average Bonchev–Trinajstić information content (AvgIpc) is 3.48. The van der Waals surface area contributed by atoms with Crippen LogP contribution in [-0.2, 0) is 0 Å². The zero-order chi connectivity index (χ0) is 21.5. The molecule has 0 radical (unpaired) electrons. The predicted molar refractivity (Wildman–Crippen MR) is 115 cm³/mol. The van der Waals surface area contributed by atoms with E-state index in [-0.39, 0.29) is 17.0 Å². The fourth-order valence-corrected chi connectivity index (χ4v) is 3.65. The van der Waals surface area contributed by atoms with Crippen LogP contribution in [0.15, 0.2) is 66.1 Å². The lowest BCUT2D eigenvalue weighted by molar-refractivity contribution is 0.102. The van der Waals surface area contributed by atoms with Crippen molar-refractivity contribution in [1.82, 2.24) is 14.1 Å². The Morgan fingerprint density at radius 2 is 2.00 bits per heavy atom. The van der Waals surface area contributed by atoms with Gasteiger partial charge in [-0.1, -0.05) is 0 Å². The zero-order valence-corrected chi connectivity index (χ0v) is 16.7. The number of halogens is 1. The van der Waals surface area contributed by atoms with Crippen molar-refractivity contribution >= 4 is 22.5 Å². The third-order valence-electron chi connectivity index (χ3n) is 5.42. The van der Waals surface area contributed by atoms with Crippen LogP contribution in [0.2, 0.25) is 0 Å². The molecule has 0 atom stereocenters. The molecular weight excluding hydrogens is 399 g/mol. The van der Waals surface area contributed by atoms with Gasteiger partial charge in [0.1, 0.15) is 17.1 Å². The Hall–Kier alpha value is -3.94. The predicted octanol–water partition coefficient (Wildman–Crippen LogP) is 3.92. The van der Waals surface area contributed by atoms with Crippen LogP contribution >= 0.6 is 0 Å². The summed E-state index contributed by atoms with van der Waals surface area (Å²) in [6, 6.07) is 9.82. The second kappa shape index (κ2) is 7.39. The number of amides is 1. The monoisotopic (exact) mass is 418 g/mol. The molecule has 8 heteroatoms. The number of hydrogen-bond donors (Lipinski definition) is 1. The Bertz CT molecular complexity index is 1340. The highest BCUT2D eigenvalue weighted by Gasteiger charge is 2.27. The van der Waals surface area contributed by atoms with Crippen LogP contribution in [0.3, 0.4) is 0 Å². The van der Waals surface area contributed by atoms with Crippen LogP contribution in [0.4, 0.5) is 10.1 Å². The number of ether oxygens (including phenoxy) is 1. The molecule has 0 saturated heterocycles. The van der Waals surface area contributed by atoms with E-state index in [0.717, 1.165) is 12.8 Å². The summed E-state index contributed by atoms with van der Waals surface area (Å²) in [6.45, 7) is 0. The molecule has 1 aliphatic rings. The summed E-state index contributed by atoms with van der Waals surface area (Å²) in [6.07, 6.45) is 8.16. The van der Waals surface area contributed by atoms with Crippen molar-refractivity contribution in [2.75, 3.05) is 12.4 Å². The number of benzene rings is 2. The first-order valence-corrected chi connectivity index (χ1v) is 9.87. The number of fused-ring (bicyclic) bond motifs is 1. The minimum Gasteiger partial charge on any atom is -0.497 e. The lowest BCUT2D eigenvalue weighted by Crippen LogP contribution is -2.24. The SMILES string of the molecule is COc1ccc(NC(=O)c2cn(C3CC3)c3cc(-n4ccnc4)c(F)cc3c2=O)cc1. The van der Waals surface area contributed by atoms with E-state index >= 15 is 0 Å². The maximum atomic E-state index is 14.9. The maximum absolute atomic E-state index is 14.9. The van der Waals surface area contributed by atoms with Gasteiger partial charge < -0.3 is 19.2 Å². The van der Waals surface area contributed by atoms with Crippen molar-refractivity contribution in [1.29, 1.82) is 0 Å². The molecule has 0 bridgehead atoms. The Balaban J connectivity index is 1.60. The van der Waals surface area contributed by atoms with Crippen LogP contribution in [0.25, 0.3) is 16.6 Å². The standard InChI is InChI=1S/C23H19FN4O3/c1-31-16-6-2-14(3-7-16)26-23(30)18-12-28(15-4-5-15)20-11-21(27-9-8-25-13-27)19(24)10-17(20)22(18)29/h2-3,6-13,15H,4-5H2,1H3,(H,26,30). The maximum Gasteiger partial charge on any atom is 0.261 e. The van der Waals surface area contributed by atoms with E-state index in [1.165, 1.54) is 12.4 Å². The first-order chi connectivity index (χ1) is 15.0. The number of anilines is 1. The molecule has 2 aromatic carbocycles. The van der Waals surface area contributed by atoms with E-state index in [2.05, 4.69) is 10.3 Å². The Kier molecular flexibility index (Phi) is 4.54. The molecule has 31 heavy (non-hydrogen) atoms. The Morgan fingerprint density at radius 1 is 1.23 bits per heavy atom. The van der Waals surface area contributed by atoms with Gasteiger partial charge in [-0.05, 0) is 49.2 Å². The largest absolute Gasteiger partial charge is 0.497 e. The second-order valence-electron chi connectivity index (χ2n) is 7.48. The van der Waals surface area contributed by atoms with Gasteiger partial charge in [0, 0.05) is 35.7 Å². The molecule has 2 heterocycles. The van der Waals surface area contributed by atoms with Gasteiger partial charge in [0.15, 0.2) is 0 Å². The van der Waals surface area contributed by atoms with E-state index < -0.39 is 17.2 Å². The first-order valence-electron chi connectivity index (χ1n) is 9.87. The van der Waals surface area contributed by atoms with Gasteiger partial charge >= 0.3 is 0 Å². The quantitative estimate of drug-likeness (QED) is 0.533. The summed E-state index contributed by atoms with van der Waals surface area (Å²) in [7, 11) is 1.56. The lowest BCUT2D eigenvalue weighted by atomic mass is 10.1. The van der Waals surface area contributed by atoms with Crippen LogP contribution in [-0.4, -0.2) is 27.1 Å². The number of carbonyl (C=O) groups is 1. The van der Waals surface area contributed by atoms with Crippen molar-refractivity contribution in [3.05, 3.63) is 82.9 Å². The molecule has 1 N–H and O–H groups in total. The van der Waals surface area contributed by atoms with Crippen LogP contribution in [0.1, 0.15) is 29.2 Å². The van der Waals surface area contributed by atoms with E-state index in [1.54, 1.807) is 60.6 Å². The average molecular weight is 418 g/mol. The molecule has 1 aliphatic carbocycles. The Labute approximate surface area is 176 Å². The van der Waals surface area contributed by atoms with Gasteiger partial charge in [0.2, 0.25) is 5.43 Å². The highest BCUT2D eigenvalue weighted by atomic mass is 19.1. The number of imidazole rings is 1. The highest BCUT2D eigenvalue weighted by Crippen LogP contribution is 2.37. The lowest BCUT2D eigenvalue weighted by Gasteiger charge is -2.15. The van der Waals surface area contributed by atoms with Crippen LogP contribution < -0.4 is 15.5 Å². The number of hydrogen-bond acceptors (Lipinski definition) is 4. The second-order valence-corrected chi connectivity index (χ2v) is 7.48. The zero-order valence-electron chi connectivity index (χ0n) is 16.7. The summed E-state index contributed by atoms with van der Waals surface area (Å²) in [5.41, 5.74) is 0.900. The molecule has 4 aromatic rings. The fourth-order valence-electron chi connectivity index (χ4n) is 3.65. The summed E-state index contributed by atoms with van der Waals surface area (Å²) in [5, 5.41) is 2.91. The van der Waals surface area contributed by atoms with Gasteiger partial charge in [-0.15, -0.1) is 0 Å². The molecule has 156 valence electrons. The van der Waals surface area contributed by atoms with Crippen molar-refractivity contribution in [3.63, 3.8) is 0 Å². The summed E-state index contributed by atoms with van der Waals surface area (Å²) >= 11 is 0. The van der Waals surface area contributed by atoms with Crippen molar-refractivity contribution in [2.45, 2.75) is 18.9 Å². The molecular formula is C23H19FN4O3. The Morgan fingerprint density at radius 3 is 2.65 bits per heavy atom. The fraction of sp³-hybridized carbons (Fsp3) is 0.174. The van der Waals surface area contributed by atoms with Crippen molar-refractivity contribution in [2.24, 2.45) is 0 Å². The normalized spacial score (nSPS) is 13.4. The third-order valence-corrected chi connectivity index (χ3v) is 5.42. The van der Waals surface area contributed by atoms with Gasteiger partial charge in [0.05, 0.1) is 24.6 Å². The number of nitrogens with zero attached hydrogens (tertiary/aromatic N) is 3. The number of aromatic nitrogens is 3. The molecule has 1 saturated carbocycles. The molecule has 1 fully saturated rings. The van der Waals surface area contributed by atoms with Crippen molar-refractivity contribution in [3.8, 4) is 11.4 Å². The van der Waals surface area contributed by atoms with Crippen LogP contribution in [0.5, 0.6) is 5.75 Å². The van der Waals surface area contributed by atoms with Gasteiger partial charge in [0.25, 0.3) is 5.91 Å². The third kappa shape index (κ3) is 3.46. The number of carbonyl (C=O) groups excluding carboxylic acids is 1. The minimum absolute atomic E-state index is 0.0231. The molecule has 0 spiro atoms. The smallest absolute Gasteiger partial charge is 0.261 e. The summed E-state index contributed by atoms with van der Waals surface area (Å²) in [4.78, 5) is 30.0. The van der Waals surface area contributed by atoms with E-state index in [9.17, 15) is 14.0 Å². The van der Waals surface area contributed by atoms with E-state index in [0.29, 0.717) is 22.6 Å². The summed E-state index contributed by atoms with van der Waals surface area (Å²) in [5.74, 6) is -0.438. The summed E-state index contributed by atoms with van der Waals surface area (Å²) < 4.78 is 23.4. The van der Waals surface area contributed by atoms with Crippen LogP contribution in [0, 0.1) is 5.82 Å². The number of pyridine rings is 1. The molecule has 2 aromatic heterocycles. The van der Waals surface area contributed by atoms with Gasteiger partial charge in [-0.3, -0.25) is 9.59 Å².